The number of hydrogen-bond acceptors (Lipinski definition) is 3. The summed E-state index contributed by atoms with van der Waals surface area (Å²) in [6.07, 6.45) is 0.463. The van der Waals surface area contributed by atoms with Crippen LogP contribution < -0.4 is 15.8 Å². The fourth-order valence-corrected chi connectivity index (χ4v) is 1.71. The normalized spacial score (nSPS) is 12.0. The summed E-state index contributed by atoms with van der Waals surface area (Å²) in [5.74, 6) is 1.04. The van der Waals surface area contributed by atoms with E-state index in [9.17, 15) is 4.79 Å². The lowest BCUT2D eigenvalue weighted by Gasteiger charge is -2.12. The van der Waals surface area contributed by atoms with Crippen molar-refractivity contribution in [2.45, 2.75) is 26.8 Å². The first-order chi connectivity index (χ1) is 8.56. The fraction of sp³-hybridized carbons (Fsp3) is 0.500. The van der Waals surface area contributed by atoms with Gasteiger partial charge < -0.3 is 15.8 Å². The zero-order chi connectivity index (χ0) is 13.5. The van der Waals surface area contributed by atoms with E-state index in [1.807, 2.05) is 32.0 Å². The van der Waals surface area contributed by atoms with Crippen LogP contribution in [0.25, 0.3) is 0 Å². The molecule has 0 aliphatic heterocycles. The van der Waals surface area contributed by atoms with Crippen LogP contribution in [0.4, 0.5) is 0 Å². The number of nitrogens with two attached hydrogens (primary N) is 1. The van der Waals surface area contributed by atoms with Gasteiger partial charge in [0, 0.05) is 18.5 Å². The van der Waals surface area contributed by atoms with Gasteiger partial charge in [0.05, 0.1) is 7.11 Å². The van der Waals surface area contributed by atoms with E-state index in [0.717, 1.165) is 16.9 Å². The van der Waals surface area contributed by atoms with Gasteiger partial charge >= 0.3 is 0 Å². The minimum atomic E-state index is 0.0245. The van der Waals surface area contributed by atoms with Crippen molar-refractivity contribution in [1.29, 1.82) is 0 Å². The molecule has 0 aromatic heterocycles. The number of rotatable bonds is 6. The van der Waals surface area contributed by atoms with Gasteiger partial charge in [-0.25, -0.2) is 0 Å². The standard InChI is InChI=1S/C14H22N2O2/c1-10-4-5-13(18-3)12(6-10)9-16-14(17)7-11(2)8-15/h4-6,11H,7-9,15H2,1-3H3,(H,16,17). The molecular weight excluding hydrogens is 228 g/mol. The van der Waals surface area contributed by atoms with E-state index in [0.29, 0.717) is 19.5 Å². The molecule has 1 amide bonds. The van der Waals surface area contributed by atoms with Crippen LogP contribution in [-0.2, 0) is 11.3 Å². The quantitative estimate of drug-likeness (QED) is 0.806. The summed E-state index contributed by atoms with van der Waals surface area (Å²) in [5.41, 5.74) is 7.63. The van der Waals surface area contributed by atoms with Crippen molar-refractivity contribution in [2.75, 3.05) is 13.7 Å². The van der Waals surface area contributed by atoms with Crippen molar-refractivity contribution >= 4 is 5.91 Å². The number of carbonyl (C=O) groups is 1. The van der Waals surface area contributed by atoms with Crippen molar-refractivity contribution < 1.29 is 9.53 Å². The molecule has 0 saturated heterocycles. The summed E-state index contributed by atoms with van der Waals surface area (Å²) in [7, 11) is 1.63. The highest BCUT2D eigenvalue weighted by Crippen LogP contribution is 2.19. The second kappa shape index (κ2) is 7.01. The lowest BCUT2D eigenvalue weighted by atomic mass is 10.1. The smallest absolute Gasteiger partial charge is 0.220 e. The number of methoxy groups -OCH3 is 1. The SMILES string of the molecule is COc1ccc(C)cc1CNC(=O)CC(C)CN. The predicted molar refractivity (Wildman–Crippen MR) is 72.4 cm³/mol. The third-order valence-corrected chi connectivity index (χ3v) is 2.85. The average Bonchev–Trinajstić information content (AvgIpc) is 2.36. The molecule has 0 heterocycles. The number of benzene rings is 1. The van der Waals surface area contributed by atoms with Crippen molar-refractivity contribution in [3.8, 4) is 5.75 Å². The first-order valence-corrected chi connectivity index (χ1v) is 6.17. The van der Waals surface area contributed by atoms with E-state index in [1.165, 1.54) is 0 Å². The Labute approximate surface area is 109 Å². The van der Waals surface area contributed by atoms with Crippen molar-refractivity contribution in [2.24, 2.45) is 11.7 Å². The van der Waals surface area contributed by atoms with E-state index < -0.39 is 0 Å². The molecule has 0 aliphatic rings. The van der Waals surface area contributed by atoms with Crippen LogP contribution in [0.15, 0.2) is 18.2 Å². The topological polar surface area (TPSA) is 64.3 Å². The minimum absolute atomic E-state index is 0.0245. The Hall–Kier alpha value is -1.55. The molecule has 0 saturated carbocycles. The highest BCUT2D eigenvalue weighted by atomic mass is 16.5. The Bertz CT molecular complexity index is 405. The molecule has 1 aromatic rings. The van der Waals surface area contributed by atoms with Crippen LogP contribution >= 0.6 is 0 Å². The largest absolute Gasteiger partial charge is 0.496 e. The maximum Gasteiger partial charge on any atom is 0.220 e. The molecule has 4 heteroatoms. The lowest BCUT2D eigenvalue weighted by Crippen LogP contribution is -2.26. The van der Waals surface area contributed by atoms with Gasteiger partial charge in [-0.15, -0.1) is 0 Å². The highest BCUT2D eigenvalue weighted by molar-refractivity contribution is 5.76. The monoisotopic (exact) mass is 250 g/mol. The molecule has 3 N–H and O–H groups in total. The molecule has 1 aromatic carbocycles. The number of aryl methyl sites for hydroxylation is 1. The van der Waals surface area contributed by atoms with Gasteiger partial charge in [-0.05, 0) is 25.5 Å². The number of ether oxygens (including phenoxy) is 1. The van der Waals surface area contributed by atoms with E-state index in [-0.39, 0.29) is 11.8 Å². The lowest BCUT2D eigenvalue weighted by molar-refractivity contribution is -0.122. The van der Waals surface area contributed by atoms with Crippen molar-refractivity contribution in [3.05, 3.63) is 29.3 Å². The molecule has 1 atom stereocenters. The Morgan fingerprint density at radius 2 is 2.22 bits per heavy atom. The number of nitrogens with one attached hydrogen (secondary N) is 1. The fourth-order valence-electron chi connectivity index (χ4n) is 1.71. The summed E-state index contributed by atoms with van der Waals surface area (Å²) in [6, 6.07) is 5.92. The van der Waals surface area contributed by atoms with Gasteiger partial charge in [-0.2, -0.15) is 0 Å². The Balaban J connectivity index is 2.57. The third-order valence-electron chi connectivity index (χ3n) is 2.85. The van der Waals surface area contributed by atoms with Crippen LogP contribution in [0.3, 0.4) is 0 Å². The zero-order valence-corrected chi connectivity index (χ0v) is 11.3. The summed E-state index contributed by atoms with van der Waals surface area (Å²) in [6.45, 7) is 5.00. The molecule has 1 unspecified atom stereocenters. The molecule has 0 bridgehead atoms. The van der Waals surface area contributed by atoms with E-state index in [1.54, 1.807) is 7.11 Å². The van der Waals surface area contributed by atoms with E-state index in [2.05, 4.69) is 5.32 Å². The van der Waals surface area contributed by atoms with Crippen LogP contribution in [0.2, 0.25) is 0 Å². The Morgan fingerprint density at radius 3 is 2.83 bits per heavy atom. The van der Waals surface area contributed by atoms with E-state index >= 15 is 0 Å². The molecule has 100 valence electrons. The van der Waals surface area contributed by atoms with Gasteiger partial charge in [-0.1, -0.05) is 24.6 Å². The first-order valence-electron chi connectivity index (χ1n) is 6.17. The predicted octanol–water partition coefficient (Wildman–Crippen LogP) is 1.60. The molecular formula is C14H22N2O2. The molecule has 0 aliphatic carbocycles. The third kappa shape index (κ3) is 4.37. The number of carbonyl (C=O) groups excluding carboxylic acids is 1. The number of hydrogen-bond donors (Lipinski definition) is 2. The van der Waals surface area contributed by atoms with Gasteiger partial charge in [0.15, 0.2) is 0 Å². The molecule has 0 radical (unpaired) electrons. The summed E-state index contributed by atoms with van der Waals surface area (Å²) in [5, 5.41) is 2.89. The summed E-state index contributed by atoms with van der Waals surface area (Å²) in [4.78, 5) is 11.7. The van der Waals surface area contributed by atoms with Crippen molar-refractivity contribution in [3.63, 3.8) is 0 Å². The van der Waals surface area contributed by atoms with Gasteiger partial charge in [0.1, 0.15) is 5.75 Å². The Kier molecular flexibility index (Phi) is 5.65. The molecule has 4 nitrogen and oxygen atoms in total. The Morgan fingerprint density at radius 1 is 1.50 bits per heavy atom. The highest BCUT2D eigenvalue weighted by Gasteiger charge is 2.09. The second-order valence-electron chi connectivity index (χ2n) is 4.64. The van der Waals surface area contributed by atoms with Gasteiger partial charge in [0.25, 0.3) is 0 Å². The first kappa shape index (κ1) is 14.5. The second-order valence-corrected chi connectivity index (χ2v) is 4.64. The van der Waals surface area contributed by atoms with Crippen LogP contribution in [0.1, 0.15) is 24.5 Å². The molecule has 0 fully saturated rings. The molecule has 18 heavy (non-hydrogen) atoms. The van der Waals surface area contributed by atoms with Gasteiger partial charge in [0.2, 0.25) is 5.91 Å². The minimum Gasteiger partial charge on any atom is -0.496 e. The molecule has 1 rings (SSSR count). The maximum absolute atomic E-state index is 11.7. The number of amides is 1. The maximum atomic E-state index is 11.7. The molecule has 0 spiro atoms. The summed E-state index contributed by atoms with van der Waals surface area (Å²) < 4.78 is 5.26. The van der Waals surface area contributed by atoms with Crippen LogP contribution in [0, 0.1) is 12.8 Å². The van der Waals surface area contributed by atoms with Crippen LogP contribution in [0.5, 0.6) is 5.75 Å². The zero-order valence-electron chi connectivity index (χ0n) is 11.3. The van der Waals surface area contributed by atoms with Crippen molar-refractivity contribution in [1.82, 2.24) is 5.32 Å². The average molecular weight is 250 g/mol. The summed E-state index contributed by atoms with van der Waals surface area (Å²) >= 11 is 0. The van der Waals surface area contributed by atoms with E-state index in [4.69, 9.17) is 10.5 Å². The van der Waals surface area contributed by atoms with Gasteiger partial charge in [-0.3, -0.25) is 4.79 Å². The van der Waals surface area contributed by atoms with Crippen LogP contribution in [-0.4, -0.2) is 19.6 Å².